The van der Waals surface area contributed by atoms with Crippen LogP contribution in [0.2, 0.25) is 0 Å². The van der Waals surface area contributed by atoms with Gasteiger partial charge in [0.15, 0.2) is 17.5 Å². The van der Waals surface area contributed by atoms with Crippen molar-refractivity contribution in [3.8, 4) is 67.9 Å². The summed E-state index contributed by atoms with van der Waals surface area (Å²) >= 11 is 0. The minimum absolute atomic E-state index is 0.307. The Labute approximate surface area is 345 Å². The molecule has 1 aliphatic heterocycles. The molecule has 2 heterocycles. The Morgan fingerprint density at radius 3 is 1.10 bits per heavy atom. The van der Waals surface area contributed by atoms with Crippen molar-refractivity contribution in [2.24, 2.45) is 0 Å². The zero-order valence-corrected chi connectivity index (χ0v) is 32.8. The number of ether oxygens (including phenoxy) is 1. The molecule has 1 aromatic heterocycles. The van der Waals surface area contributed by atoms with Crippen LogP contribution in [0, 0.1) is 0 Å². The highest BCUT2D eigenvalue weighted by molar-refractivity contribution is 5.83. The minimum Gasteiger partial charge on any atom is -0.455 e. The molecule has 10 rings (SSSR count). The van der Waals surface area contributed by atoms with Crippen LogP contribution in [0.1, 0.15) is 25.0 Å². The molecule has 0 spiro atoms. The van der Waals surface area contributed by atoms with E-state index < -0.39 is 0 Å². The maximum atomic E-state index is 7.10. The lowest BCUT2D eigenvalue weighted by molar-refractivity contribution is 0.421. The number of nitrogens with zero attached hydrogens (tertiary/aromatic N) is 4. The second kappa shape index (κ2) is 15.0. The van der Waals surface area contributed by atoms with Crippen LogP contribution in [0.4, 0.5) is 17.1 Å². The summed E-state index contributed by atoms with van der Waals surface area (Å²) in [5.74, 6) is 3.66. The SMILES string of the molecule is CC1(C)c2cccc(-c3ccc(-c4nc(-c5ccccc5)nc(-c5ccccc5)n4)cc3)c2Oc2c(-c3ccc(N(c4ccccc4)c4ccccc4)cc3)cccc21. The number of hydrogen-bond acceptors (Lipinski definition) is 5. The van der Waals surface area contributed by atoms with E-state index in [1.165, 1.54) is 0 Å². The van der Waals surface area contributed by atoms with Gasteiger partial charge in [-0.25, -0.2) is 15.0 Å². The number of para-hydroxylation sites is 4. The van der Waals surface area contributed by atoms with Crippen molar-refractivity contribution in [1.29, 1.82) is 0 Å². The lowest BCUT2D eigenvalue weighted by atomic mass is 9.74. The first kappa shape index (κ1) is 35.8. The number of rotatable bonds is 8. The van der Waals surface area contributed by atoms with Gasteiger partial charge in [0.1, 0.15) is 11.5 Å². The fraction of sp³-hybridized carbons (Fsp3) is 0.0556. The predicted molar refractivity (Wildman–Crippen MR) is 240 cm³/mol. The van der Waals surface area contributed by atoms with Gasteiger partial charge in [-0.1, -0.05) is 184 Å². The zero-order valence-electron chi connectivity index (χ0n) is 32.8. The van der Waals surface area contributed by atoms with Crippen molar-refractivity contribution in [2.75, 3.05) is 4.90 Å². The largest absolute Gasteiger partial charge is 0.455 e. The fourth-order valence-corrected chi connectivity index (χ4v) is 8.11. The Bertz CT molecular complexity index is 2800. The monoisotopic (exact) mass is 760 g/mol. The smallest absolute Gasteiger partial charge is 0.164 e. The zero-order chi connectivity index (χ0) is 39.8. The Hall–Kier alpha value is -7.63. The van der Waals surface area contributed by atoms with Crippen LogP contribution in [0.3, 0.4) is 0 Å². The van der Waals surface area contributed by atoms with E-state index in [0.29, 0.717) is 17.5 Å². The molecule has 0 aliphatic carbocycles. The van der Waals surface area contributed by atoms with E-state index in [2.05, 4.69) is 164 Å². The third kappa shape index (κ3) is 6.73. The number of anilines is 3. The first-order chi connectivity index (χ1) is 29.0. The van der Waals surface area contributed by atoms with E-state index >= 15 is 0 Å². The highest BCUT2D eigenvalue weighted by Crippen LogP contribution is 2.54. The van der Waals surface area contributed by atoms with Crippen LogP contribution in [-0.4, -0.2) is 15.0 Å². The molecule has 5 nitrogen and oxygen atoms in total. The van der Waals surface area contributed by atoms with E-state index in [1.807, 2.05) is 60.7 Å². The van der Waals surface area contributed by atoms with Crippen LogP contribution < -0.4 is 9.64 Å². The molecule has 0 atom stereocenters. The third-order valence-electron chi connectivity index (χ3n) is 11.2. The predicted octanol–water partition coefficient (Wildman–Crippen LogP) is 14.1. The lowest BCUT2D eigenvalue weighted by Gasteiger charge is -2.36. The van der Waals surface area contributed by atoms with Gasteiger partial charge in [0.05, 0.1) is 0 Å². The second-order valence-corrected chi connectivity index (χ2v) is 15.3. The molecule has 8 aromatic carbocycles. The molecule has 5 heteroatoms. The molecule has 0 radical (unpaired) electrons. The van der Waals surface area contributed by atoms with E-state index in [9.17, 15) is 0 Å². The topological polar surface area (TPSA) is 51.1 Å². The third-order valence-corrected chi connectivity index (χ3v) is 11.2. The average molecular weight is 761 g/mol. The summed E-state index contributed by atoms with van der Waals surface area (Å²) in [7, 11) is 0. The van der Waals surface area contributed by atoms with Crippen molar-refractivity contribution in [1.82, 2.24) is 15.0 Å². The summed E-state index contributed by atoms with van der Waals surface area (Å²) in [6.07, 6.45) is 0. The molecule has 0 saturated heterocycles. The van der Waals surface area contributed by atoms with Crippen LogP contribution in [0.25, 0.3) is 56.4 Å². The first-order valence-electron chi connectivity index (χ1n) is 19.9. The summed E-state index contributed by atoms with van der Waals surface area (Å²) in [6, 6.07) is 71.4. The van der Waals surface area contributed by atoms with Crippen molar-refractivity contribution in [3.63, 3.8) is 0 Å². The maximum absolute atomic E-state index is 7.10. The van der Waals surface area contributed by atoms with Crippen LogP contribution in [0.5, 0.6) is 11.5 Å². The molecule has 282 valence electrons. The van der Waals surface area contributed by atoms with Crippen molar-refractivity contribution < 1.29 is 4.74 Å². The molecule has 0 amide bonds. The number of fused-ring (bicyclic) bond motifs is 2. The normalized spacial score (nSPS) is 12.5. The van der Waals surface area contributed by atoms with Gasteiger partial charge >= 0.3 is 0 Å². The molecule has 0 fully saturated rings. The highest BCUT2D eigenvalue weighted by atomic mass is 16.5. The van der Waals surface area contributed by atoms with Crippen molar-refractivity contribution >= 4 is 17.1 Å². The molecule has 0 bridgehead atoms. The molecular formula is C54H40N4O. The Morgan fingerprint density at radius 1 is 0.339 bits per heavy atom. The molecule has 9 aromatic rings. The number of benzene rings is 8. The van der Waals surface area contributed by atoms with Crippen molar-refractivity contribution in [3.05, 3.63) is 217 Å². The summed E-state index contributed by atoms with van der Waals surface area (Å²) < 4.78 is 7.10. The standard InChI is InChI=1S/C54H40N4O/c1-54(2)47-27-15-25-45(37-29-31-41(32-30-37)53-56-51(39-17-7-3-8-18-39)55-52(57-53)40-19-9-4-10-20-40)49(47)59-50-46(26-16-28-48(50)54)38-33-35-44(36-34-38)58(42-21-11-5-12-22-42)43-23-13-6-14-24-43/h3-36H,1-2H3. The van der Waals surface area contributed by atoms with Gasteiger partial charge in [-0.15, -0.1) is 0 Å². The van der Waals surface area contributed by atoms with Gasteiger partial charge in [0.25, 0.3) is 0 Å². The molecular weight excluding hydrogens is 721 g/mol. The van der Waals surface area contributed by atoms with Crippen molar-refractivity contribution in [2.45, 2.75) is 19.3 Å². The number of hydrogen-bond donors (Lipinski definition) is 0. The Morgan fingerprint density at radius 2 is 0.678 bits per heavy atom. The van der Waals surface area contributed by atoms with Crippen LogP contribution in [0.15, 0.2) is 206 Å². The van der Waals surface area contributed by atoms with E-state index in [1.54, 1.807) is 0 Å². The average Bonchev–Trinajstić information content (AvgIpc) is 3.30. The maximum Gasteiger partial charge on any atom is 0.164 e. The molecule has 1 aliphatic rings. The molecule has 0 N–H and O–H groups in total. The summed E-state index contributed by atoms with van der Waals surface area (Å²) in [4.78, 5) is 17.1. The number of aromatic nitrogens is 3. The summed E-state index contributed by atoms with van der Waals surface area (Å²) in [5.41, 5.74) is 12.3. The van der Waals surface area contributed by atoms with Gasteiger partial charge in [-0.3, -0.25) is 0 Å². The first-order valence-corrected chi connectivity index (χ1v) is 19.9. The Balaban J connectivity index is 1.00. The summed E-state index contributed by atoms with van der Waals surface area (Å²) in [6.45, 7) is 4.58. The van der Waals surface area contributed by atoms with Gasteiger partial charge in [0, 0.05) is 61.4 Å². The fourth-order valence-electron chi connectivity index (χ4n) is 8.11. The minimum atomic E-state index is -0.307. The molecule has 59 heavy (non-hydrogen) atoms. The highest BCUT2D eigenvalue weighted by Gasteiger charge is 2.37. The van der Waals surface area contributed by atoms with E-state index in [0.717, 1.165) is 78.6 Å². The second-order valence-electron chi connectivity index (χ2n) is 15.3. The quantitative estimate of drug-likeness (QED) is 0.154. The van der Waals surface area contributed by atoms with Crippen LogP contribution in [-0.2, 0) is 5.41 Å². The Kier molecular flexibility index (Phi) is 9.11. The lowest BCUT2D eigenvalue weighted by Crippen LogP contribution is -2.25. The summed E-state index contributed by atoms with van der Waals surface area (Å²) in [5, 5.41) is 0. The molecule has 0 unspecified atom stereocenters. The van der Waals surface area contributed by atoms with E-state index in [4.69, 9.17) is 19.7 Å². The van der Waals surface area contributed by atoms with Gasteiger partial charge in [-0.2, -0.15) is 0 Å². The van der Waals surface area contributed by atoms with Crippen LogP contribution >= 0.6 is 0 Å². The van der Waals surface area contributed by atoms with Gasteiger partial charge < -0.3 is 9.64 Å². The van der Waals surface area contributed by atoms with Gasteiger partial charge in [0.2, 0.25) is 0 Å². The van der Waals surface area contributed by atoms with Gasteiger partial charge in [-0.05, 0) is 47.5 Å². The molecule has 0 saturated carbocycles. The van der Waals surface area contributed by atoms with E-state index in [-0.39, 0.29) is 5.41 Å².